The molecule has 59 heavy (non-hydrogen) atoms. The minimum atomic E-state index is -0.0145. The van der Waals surface area contributed by atoms with Crippen molar-refractivity contribution in [1.29, 1.82) is 5.26 Å². The summed E-state index contributed by atoms with van der Waals surface area (Å²) in [4.78, 5) is 27.5. The molecule has 9 unspecified atom stereocenters. The van der Waals surface area contributed by atoms with Gasteiger partial charge in [-0.3, -0.25) is 19.6 Å². The monoisotopic (exact) mass is 835 g/mol. The Kier molecular flexibility index (Phi) is 13.4. The van der Waals surface area contributed by atoms with E-state index < -0.39 is 0 Å². The summed E-state index contributed by atoms with van der Waals surface area (Å²) in [5, 5.41) is 14.1. The molecule has 4 saturated heterocycles. The largest absolute Gasteiger partial charge is 0.380 e. The summed E-state index contributed by atoms with van der Waals surface area (Å²) >= 11 is 2.20. The molecule has 330 valence electrons. The molecular weight excluding hydrogens is 757 g/mol. The van der Waals surface area contributed by atoms with Crippen LogP contribution in [0.4, 0.5) is 0 Å². The number of carbonyl (C=O) groups excluding carboxylic acids is 1. The van der Waals surface area contributed by atoms with Crippen molar-refractivity contribution in [3.05, 3.63) is 0 Å². The maximum Gasteiger partial charge on any atom is 0.223 e. The smallest absolute Gasteiger partial charge is 0.223 e. The Morgan fingerprint density at radius 2 is 1.51 bits per heavy atom. The SMILES string of the molecule is COC1CC(OC2CCC(NC(=O)C3CCC(N4CCC5(CCN(C6CCC(C7=N[C@@H](C)C8NNC(C)N8C8SC(C)C(C)C78)CC6)CC5)C4)CC3)CC2)CCC1C#N. The number of hydrogen-bond donors (Lipinski definition) is 3. The molecule has 4 saturated carbocycles. The van der Waals surface area contributed by atoms with Crippen molar-refractivity contribution < 1.29 is 14.3 Å². The standard InChI is InChI=1S/C47H78N8O3S/c1-29-31(3)59-46-42(29)43(49-30(2)44-52-51-32(4)55(44)46)33-6-13-37(14-7-33)53-23-20-47(21-24-53)22-25-54(28-47)38-15-8-34(9-16-38)45(56)50-36-11-18-39(19-12-36)58-40-17-10-35(27-48)41(26-40)57-5/h29-42,44,46,51-52H,6-26,28H2,1-5H3,(H,50,56)/t29?,30-,31?,32?,33?,34?,35?,36?,37?,38?,39?,40?,41?,42?,44?,46?/m0/s1. The van der Waals surface area contributed by atoms with Crippen LogP contribution in [-0.4, -0.2) is 125 Å². The van der Waals surface area contributed by atoms with E-state index in [1.54, 1.807) is 12.8 Å². The van der Waals surface area contributed by atoms with Gasteiger partial charge in [-0.25, -0.2) is 10.9 Å². The third-order valence-electron chi connectivity index (χ3n) is 17.8. The van der Waals surface area contributed by atoms with Gasteiger partial charge in [-0.15, -0.1) is 11.8 Å². The lowest BCUT2D eigenvalue weighted by atomic mass is 9.73. The van der Waals surface area contributed by atoms with Crippen LogP contribution in [0.5, 0.6) is 0 Å². The number of thioether (sulfide) groups is 1. The average molecular weight is 835 g/mol. The van der Waals surface area contributed by atoms with Crippen molar-refractivity contribution in [3.63, 3.8) is 0 Å². The van der Waals surface area contributed by atoms with Gasteiger partial charge in [-0.1, -0.05) is 13.8 Å². The number of piperidine rings is 1. The Balaban J connectivity index is 0.685. The van der Waals surface area contributed by atoms with Gasteiger partial charge in [-0.05, 0) is 160 Å². The number of likely N-dealkylation sites (tertiary alicyclic amines) is 2. The second-order valence-corrected chi connectivity index (χ2v) is 22.6. The highest BCUT2D eigenvalue weighted by Gasteiger charge is 2.54. The molecule has 9 rings (SSSR count). The predicted octanol–water partition coefficient (Wildman–Crippen LogP) is 6.68. The van der Waals surface area contributed by atoms with Gasteiger partial charge in [0.1, 0.15) is 0 Å². The first-order chi connectivity index (χ1) is 28.6. The Labute approximate surface area is 360 Å². The molecule has 10 atom stereocenters. The number of nitrogens with one attached hydrogen (secondary N) is 3. The molecule has 3 N–H and O–H groups in total. The number of carbonyl (C=O) groups is 1. The second-order valence-electron chi connectivity index (χ2n) is 21.1. The molecule has 1 amide bonds. The Hall–Kier alpha value is -1.30. The predicted molar refractivity (Wildman–Crippen MR) is 235 cm³/mol. The molecule has 0 aromatic carbocycles. The minimum Gasteiger partial charge on any atom is -0.380 e. The van der Waals surface area contributed by atoms with Gasteiger partial charge in [0.15, 0.2) is 0 Å². The highest BCUT2D eigenvalue weighted by atomic mass is 32.2. The maximum absolute atomic E-state index is 13.5. The van der Waals surface area contributed by atoms with Crippen LogP contribution in [0, 0.1) is 46.3 Å². The van der Waals surface area contributed by atoms with Crippen molar-refractivity contribution in [2.24, 2.45) is 40.0 Å². The lowest BCUT2D eigenvalue weighted by Crippen LogP contribution is -2.50. The molecule has 0 radical (unpaired) electrons. The van der Waals surface area contributed by atoms with E-state index in [-0.39, 0.29) is 48.4 Å². The molecule has 4 aliphatic carbocycles. The van der Waals surface area contributed by atoms with Gasteiger partial charge in [0.2, 0.25) is 5.91 Å². The van der Waals surface area contributed by atoms with E-state index in [0.717, 1.165) is 63.8 Å². The van der Waals surface area contributed by atoms with Gasteiger partial charge < -0.3 is 19.7 Å². The summed E-state index contributed by atoms with van der Waals surface area (Å²) in [6.45, 7) is 14.7. The van der Waals surface area contributed by atoms with Crippen LogP contribution in [-0.2, 0) is 14.3 Å². The van der Waals surface area contributed by atoms with E-state index in [4.69, 9.17) is 14.5 Å². The van der Waals surface area contributed by atoms with Gasteiger partial charge in [0, 0.05) is 61.0 Å². The van der Waals surface area contributed by atoms with E-state index in [9.17, 15) is 10.1 Å². The minimum absolute atomic E-state index is 0.0123. The van der Waals surface area contributed by atoms with Gasteiger partial charge in [-0.2, -0.15) is 5.26 Å². The van der Waals surface area contributed by atoms with Crippen LogP contribution in [0.1, 0.15) is 143 Å². The molecule has 0 bridgehead atoms. The number of nitriles is 1. The Bertz CT molecular complexity index is 1510. The summed E-state index contributed by atoms with van der Waals surface area (Å²) in [5.41, 5.74) is 9.21. The molecule has 11 nitrogen and oxygen atoms in total. The van der Waals surface area contributed by atoms with Crippen LogP contribution in [0.2, 0.25) is 0 Å². The van der Waals surface area contributed by atoms with Crippen LogP contribution in [0.25, 0.3) is 0 Å². The number of amides is 1. The van der Waals surface area contributed by atoms with Gasteiger partial charge in [0.25, 0.3) is 0 Å². The van der Waals surface area contributed by atoms with E-state index in [2.05, 4.69) is 76.4 Å². The van der Waals surface area contributed by atoms with Gasteiger partial charge >= 0.3 is 0 Å². The zero-order chi connectivity index (χ0) is 40.8. The first kappa shape index (κ1) is 43.0. The Morgan fingerprint density at radius 1 is 0.847 bits per heavy atom. The molecule has 5 aliphatic heterocycles. The van der Waals surface area contributed by atoms with Crippen molar-refractivity contribution in [1.82, 2.24) is 30.9 Å². The first-order valence-corrected chi connectivity index (χ1v) is 25.4. The summed E-state index contributed by atoms with van der Waals surface area (Å²) < 4.78 is 12.1. The fraction of sp³-hybridized carbons (Fsp3) is 0.936. The topological polar surface area (TPSA) is 117 Å². The Morgan fingerprint density at radius 3 is 2.20 bits per heavy atom. The lowest BCUT2D eigenvalue weighted by Gasteiger charge is -2.45. The third-order valence-corrected chi connectivity index (χ3v) is 19.5. The van der Waals surface area contributed by atoms with E-state index >= 15 is 0 Å². The summed E-state index contributed by atoms with van der Waals surface area (Å²) in [5.74, 6) is 2.35. The third kappa shape index (κ3) is 8.95. The van der Waals surface area contributed by atoms with Crippen molar-refractivity contribution in [2.75, 3.05) is 33.3 Å². The van der Waals surface area contributed by atoms with E-state index in [1.807, 2.05) is 0 Å². The van der Waals surface area contributed by atoms with Crippen LogP contribution in [0.3, 0.4) is 0 Å². The normalized spacial score (nSPS) is 45.9. The summed E-state index contributed by atoms with van der Waals surface area (Å²) in [6.07, 6.45) is 21.5. The molecule has 1 spiro atoms. The zero-order valence-corrected chi connectivity index (χ0v) is 38.0. The molecule has 8 fully saturated rings. The maximum atomic E-state index is 13.5. The van der Waals surface area contributed by atoms with Crippen molar-refractivity contribution in [3.8, 4) is 6.07 Å². The van der Waals surface area contributed by atoms with E-state index in [1.165, 1.54) is 84.0 Å². The molecule has 0 aromatic heterocycles. The van der Waals surface area contributed by atoms with Crippen LogP contribution < -0.4 is 16.2 Å². The first-order valence-electron chi connectivity index (χ1n) is 24.5. The highest BCUT2D eigenvalue weighted by molar-refractivity contribution is 8.00. The number of hydrazine groups is 1. The number of rotatable bonds is 8. The fourth-order valence-electron chi connectivity index (χ4n) is 13.8. The van der Waals surface area contributed by atoms with Crippen LogP contribution >= 0.6 is 11.8 Å². The number of nitrogens with zero attached hydrogens (tertiary/aromatic N) is 5. The molecule has 9 aliphatic rings. The molecule has 12 heteroatoms. The second kappa shape index (κ2) is 18.4. The highest BCUT2D eigenvalue weighted by Crippen LogP contribution is 2.51. The lowest BCUT2D eigenvalue weighted by molar-refractivity contribution is -0.128. The molecule has 5 heterocycles. The van der Waals surface area contributed by atoms with Crippen molar-refractivity contribution >= 4 is 23.4 Å². The summed E-state index contributed by atoms with van der Waals surface area (Å²) in [6, 6.07) is 4.37. The number of ether oxygens (including phenoxy) is 2. The number of methoxy groups -OCH3 is 1. The number of fused-ring (bicyclic) bond motifs is 3. The summed E-state index contributed by atoms with van der Waals surface area (Å²) in [7, 11) is 1.71. The fourth-order valence-corrected chi connectivity index (χ4v) is 15.7. The average Bonchev–Trinajstić information content (AvgIpc) is 3.92. The van der Waals surface area contributed by atoms with Gasteiger partial charge in [0.05, 0.1) is 54.0 Å². The molecular formula is C47H78N8O3S. The zero-order valence-electron chi connectivity index (χ0n) is 37.2. The molecule has 0 aromatic rings. The number of hydrogen-bond acceptors (Lipinski definition) is 11. The van der Waals surface area contributed by atoms with Crippen LogP contribution in [0.15, 0.2) is 4.99 Å². The quantitative estimate of drug-likeness (QED) is 0.245. The number of aliphatic imine (C=N–C) groups is 1. The van der Waals surface area contributed by atoms with Crippen molar-refractivity contribution in [2.45, 2.75) is 209 Å². The van der Waals surface area contributed by atoms with E-state index in [0.29, 0.717) is 51.9 Å².